The minimum Gasteiger partial charge on any atom is -0.377 e. The summed E-state index contributed by atoms with van der Waals surface area (Å²) in [6.07, 6.45) is 9.36. The summed E-state index contributed by atoms with van der Waals surface area (Å²) in [5.41, 5.74) is 5.60. The molecule has 1 aromatic rings. The molecule has 6 rings (SSSR count). The molecule has 3 fully saturated rings. The average Bonchev–Trinajstić information content (AvgIpc) is 3.02. The monoisotopic (exact) mass is 540 g/mol. The van der Waals surface area contributed by atoms with Gasteiger partial charge in [-0.25, -0.2) is 0 Å². The van der Waals surface area contributed by atoms with Crippen molar-refractivity contribution in [3.63, 3.8) is 0 Å². The Bertz CT molecular complexity index is 1280. The molecule has 1 heterocycles. The van der Waals surface area contributed by atoms with E-state index in [4.69, 9.17) is 0 Å². The molecule has 40 heavy (non-hydrogen) atoms. The zero-order valence-electron chi connectivity index (χ0n) is 25.4. The summed E-state index contributed by atoms with van der Waals surface area (Å²) in [6.45, 7) is 13.1. The standard InChI is InChI=1S/C36H48N2O2/c1-34(2,3)16-17-36(40)15-14-33-27-7-6-26-22-29(39)12-13-30(26)31(23-27)32(24-35(33,36)4)25-8-10-28(11-9-25)38-20-18-37(5)19-21-38/h8-11,22,27,32-33,40H,6-7,12-15,18-21,23-24H2,1-5H3/t27-,32-,33+,35+,36-/m1/s1. The molecule has 4 nitrogen and oxygen atoms in total. The molecular formula is C36H48N2O2. The van der Waals surface area contributed by atoms with Crippen molar-refractivity contribution in [2.45, 2.75) is 90.6 Å². The number of benzene rings is 1. The van der Waals surface area contributed by atoms with Gasteiger partial charge in [0, 0.05) is 55.0 Å². The number of carbonyl (C=O) groups is 1. The maximum Gasteiger partial charge on any atom is 0.156 e. The van der Waals surface area contributed by atoms with Gasteiger partial charge in [0.15, 0.2) is 5.78 Å². The Hall–Kier alpha value is -2.35. The second-order valence-corrected chi connectivity index (χ2v) is 14.7. The third-order valence-corrected chi connectivity index (χ3v) is 11.0. The van der Waals surface area contributed by atoms with Crippen molar-refractivity contribution >= 4 is 11.5 Å². The zero-order chi connectivity index (χ0) is 28.3. The van der Waals surface area contributed by atoms with Gasteiger partial charge < -0.3 is 14.9 Å². The van der Waals surface area contributed by atoms with Crippen molar-refractivity contribution in [2.24, 2.45) is 22.7 Å². The molecular weight excluding hydrogens is 492 g/mol. The second-order valence-electron chi connectivity index (χ2n) is 14.7. The van der Waals surface area contributed by atoms with E-state index in [2.05, 4.69) is 80.6 Å². The van der Waals surface area contributed by atoms with Crippen LogP contribution in [-0.4, -0.2) is 54.6 Å². The van der Waals surface area contributed by atoms with E-state index in [1.54, 1.807) is 5.57 Å². The summed E-state index contributed by atoms with van der Waals surface area (Å²) in [6, 6.07) is 9.38. The van der Waals surface area contributed by atoms with Gasteiger partial charge in [-0.3, -0.25) is 4.79 Å². The molecule has 2 saturated carbocycles. The summed E-state index contributed by atoms with van der Waals surface area (Å²) in [5.74, 6) is 8.40. The van der Waals surface area contributed by atoms with E-state index in [9.17, 15) is 9.90 Å². The van der Waals surface area contributed by atoms with Gasteiger partial charge in [0.25, 0.3) is 0 Å². The normalized spacial score (nSPS) is 34.8. The third kappa shape index (κ3) is 4.99. The number of hydrogen-bond donors (Lipinski definition) is 1. The number of fused-ring (bicyclic) bond motifs is 5. The highest BCUT2D eigenvalue weighted by Crippen LogP contribution is 2.64. The Morgan fingerprint density at radius 3 is 2.42 bits per heavy atom. The number of hydrogen-bond acceptors (Lipinski definition) is 4. The number of piperazine rings is 1. The van der Waals surface area contributed by atoms with Crippen LogP contribution in [0.15, 0.2) is 47.1 Å². The summed E-state index contributed by atoms with van der Waals surface area (Å²) >= 11 is 0. The maximum absolute atomic E-state index is 12.5. The molecule has 214 valence electrons. The molecule has 0 radical (unpaired) electrons. The van der Waals surface area contributed by atoms with Gasteiger partial charge in [-0.1, -0.05) is 36.5 Å². The maximum atomic E-state index is 12.5. The quantitative estimate of drug-likeness (QED) is 0.435. The van der Waals surface area contributed by atoms with E-state index < -0.39 is 5.60 Å². The fourth-order valence-corrected chi connectivity index (χ4v) is 8.59. The first kappa shape index (κ1) is 27.8. The van der Waals surface area contributed by atoms with Crippen LogP contribution in [0.3, 0.4) is 0 Å². The van der Waals surface area contributed by atoms with E-state index in [-0.39, 0.29) is 16.7 Å². The molecule has 1 aliphatic heterocycles. The highest BCUT2D eigenvalue weighted by atomic mass is 16.3. The Morgan fingerprint density at radius 1 is 1.00 bits per heavy atom. The minimum atomic E-state index is -0.971. The fraction of sp³-hybridized carbons (Fsp3) is 0.639. The van der Waals surface area contributed by atoms with Gasteiger partial charge in [-0.2, -0.15) is 0 Å². The van der Waals surface area contributed by atoms with Crippen molar-refractivity contribution in [2.75, 3.05) is 38.1 Å². The smallest absolute Gasteiger partial charge is 0.156 e. The minimum absolute atomic E-state index is 0.139. The van der Waals surface area contributed by atoms with Crippen molar-refractivity contribution in [1.82, 2.24) is 4.90 Å². The highest BCUT2D eigenvalue weighted by molar-refractivity contribution is 5.93. The second kappa shape index (κ2) is 10.2. The van der Waals surface area contributed by atoms with Crippen LogP contribution >= 0.6 is 0 Å². The molecule has 5 atom stereocenters. The summed E-state index contributed by atoms with van der Waals surface area (Å²) in [4.78, 5) is 17.4. The summed E-state index contributed by atoms with van der Waals surface area (Å²) in [5, 5.41) is 12.3. The van der Waals surface area contributed by atoms with Gasteiger partial charge in [0.1, 0.15) is 5.60 Å². The van der Waals surface area contributed by atoms with E-state index in [0.717, 1.165) is 71.1 Å². The van der Waals surface area contributed by atoms with Crippen molar-refractivity contribution < 1.29 is 9.90 Å². The number of likely N-dealkylation sites (N-methyl/N-ethyl adjacent to an activating group) is 1. The van der Waals surface area contributed by atoms with Gasteiger partial charge in [-0.05, 0) is 120 Å². The number of nitrogens with zero attached hydrogens (tertiary/aromatic N) is 2. The van der Waals surface area contributed by atoms with E-state index >= 15 is 0 Å². The molecule has 4 heteroatoms. The van der Waals surface area contributed by atoms with Gasteiger partial charge in [-0.15, -0.1) is 0 Å². The largest absolute Gasteiger partial charge is 0.377 e. The molecule has 0 aromatic heterocycles. The highest BCUT2D eigenvalue weighted by Gasteiger charge is 2.60. The Morgan fingerprint density at radius 2 is 1.73 bits per heavy atom. The van der Waals surface area contributed by atoms with Crippen molar-refractivity contribution in [3.8, 4) is 11.8 Å². The summed E-state index contributed by atoms with van der Waals surface area (Å²) < 4.78 is 0. The number of rotatable bonds is 2. The van der Waals surface area contributed by atoms with Crippen LogP contribution in [-0.2, 0) is 4.79 Å². The Balaban J connectivity index is 1.43. The van der Waals surface area contributed by atoms with Crippen LogP contribution in [0.5, 0.6) is 0 Å². The topological polar surface area (TPSA) is 43.8 Å². The Kier molecular flexibility index (Phi) is 7.07. The van der Waals surface area contributed by atoms with Crippen molar-refractivity contribution in [1.29, 1.82) is 0 Å². The molecule has 5 aliphatic rings. The average molecular weight is 541 g/mol. The van der Waals surface area contributed by atoms with Crippen LogP contribution < -0.4 is 4.90 Å². The van der Waals surface area contributed by atoms with Crippen molar-refractivity contribution in [3.05, 3.63) is 52.6 Å². The van der Waals surface area contributed by atoms with E-state index in [1.165, 1.54) is 22.4 Å². The number of ketones is 1. The molecule has 4 aliphatic carbocycles. The first-order chi connectivity index (χ1) is 19.0. The Labute approximate surface area is 241 Å². The van der Waals surface area contributed by atoms with Gasteiger partial charge in [0.2, 0.25) is 0 Å². The molecule has 1 aromatic carbocycles. The fourth-order valence-electron chi connectivity index (χ4n) is 8.59. The first-order valence-corrected chi connectivity index (χ1v) is 15.7. The lowest BCUT2D eigenvalue weighted by Gasteiger charge is -2.43. The van der Waals surface area contributed by atoms with Crippen LogP contribution in [0.4, 0.5) is 5.69 Å². The van der Waals surface area contributed by atoms with E-state index in [0.29, 0.717) is 24.0 Å². The number of allylic oxidation sites excluding steroid dienone is 4. The lowest BCUT2D eigenvalue weighted by Crippen LogP contribution is -2.46. The van der Waals surface area contributed by atoms with Gasteiger partial charge >= 0.3 is 0 Å². The molecule has 0 spiro atoms. The SMILES string of the molecule is CN1CCN(c2ccc([C@H]3C[C@@]4(C)[C@@H](CC[C@@]4(O)C#CC(C)(C)C)[C@@H]4CCC5=CC(=O)CCC5=C3C4)cc2)CC1. The third-order valence-electron chi connectivity index (χ3n) is 11.0. The number of carbonyl (C=O) groups excluding carboxylic acids is 1. The van der Waals surface area contributed by atoms with Crippen LogP contribution in [0, 0.1) is 34.5 Å². The molecule has 0 unspecified atom stereocenters. The number of anilines is 1. The summed E-state index contributed by atoms with van der Waals surface area (Å²) in [7, 11) is 2.20. The first-order valence-electron chi connectivity index (χ1n) is 15.7. The predicted molar refractivity (Wildman–Crippen MR) is 163 cm³/mol. The van der Waals surface area contributed by atoms with Crippen LogP contribution in [0.2, 0.25) is 0 Å². The number of aliphatic hydroxyl groups is 1. The molecule has 1 saturated heterocycles. The van der Waals surface area contributed by atoms with E-state index in [1.807, 2.05) is 6.08 Å². The van der Waals surface area contributed by atoms with Crippen LogP contribution in [0.1, 0.15) is 90.5 Å². The zero-order valence-corrected chi connectivity index (χ0v) is 25.4. The van der Waals surface area contributed by atoms with Crippen LogP contribution in [0.25, 0.3) is 0 Å². The van der Waals surface area contributed by atoms with Gasteiger partial charge in [0.05, 0.1) is 0 Å². The predicted octanol–water partition coefficient (Wildman–Crippen LogP) is 6.51. The lowest BCUT2D eigenvalue weighted by molar-refractivity contribution is -0.114. The molecule has 2 bridgehead atoms. The lowest BCUT2D eigenvalue weighted by atomic mass is 9.62. The molecule has 1 N–H and O–H groups in total. The molecule has 0 amide bonds.